The van der Waals surface area contributed by atoms with Crippen molar-refractivity contribution < 1.29 is 19.2 Å². The minimum atomic E-state index is -1.14. The average molecular weight is 349 g/mol. The molecule has 0 fully saturated rings. The van der Waals surface area contributed by atoms with Crippen LogP contribution < -0.4 is 4.90 Å². The SMILES string of the molecule is CCC(C)N(CC(=O)O)c1cc(F)c(Br)cc1[N+](=O)[O-]. The molecule has 0 radical (unpaired) electrons. The lowest BCUT2D eigenvalue weighted by molar-refractivity contribution is -0.384. The van der Waals surface area contributed by atoms with Crippen molar-refractivity contribution in [3.8, 4) is 0 Å². The minimum absolute atomic E-state index is 0.0348. The number of carboxylic acids is 1. The van der Waals surface area contributed by atoms with E-state index in [2.05, 4.69) is 15.9 Å². The van der Waals surface area contributed by atoms with Crippen LogP contribution in [0.5, 0.6) is 0 Å². The number of halogens is 2. The van der Waals surface area contributed by atoms with Crippen molar-refractivity contribution >= 4 is 33.3 Å². The van der Waals surface area contributed by atoms with Crippen molar-refractivity contribution in [3.05, 3.63) is 32.5 Å². The van der Waals surface area contributed by atoms with Crippen molar-refractivity contribution in [1.82, 2.24) is 0 Å². The molecule has 0 aliphatic carbocycles. The van der Waals surface area contributed by atoms with E-state index < -0.39 is 23.3 Å². The van der Waals surface area contributed by atoms with Crippen molar-refractivity contribution in [2.45, 2.75) is 26.3 Å². The van der Waals surface area contributed by atoms with Gasteiger partial charge in [0.2, 0.25) is 0 Å². The van der Waals surface area contributed by atoms with E-state index in [1.807, 2.05) is 6.92 Å². The first-order valence-corrected chi connectivity index (χ1v) is 6.69. The molecule has 1 unspecified atom stereocenters. The van der Waals surface area contributed by atoms with Gasteiger partial charge in [-0.3, -0.25) is 14.9 Å². The molecule has 1 atom stereocenters. The molecule has 0 aliphatic heterocycles. The number of carboxylic acid groups (broad SMARTS) is 1. The normalized spacial score (nSPS) is 12.0. The summed E-state index contributed by atoms with van der Waals surface area (Å²) in [5, 5.41) is 20.0. The lowest BCUT2D eigenvalue weighted by atomic mass is 10.1. The summed E-state index contributed by atoms with van der Waals surface area (Å²) < 4.78 is 13.6. The molecule has 0 aromatic heterocycles. The third-order valence-corrected chi connectivity index (χ3v) is 3.56. The zero-order chi connectivity index (χ0) is 15.4. The van der Waals surface area contributed by atoms with E-state index in [4.69, 9.17) is 5.11 Å². The second-order valence-electron chi connectivity index (χ2n) is 4.29. The van der Waals surface area contributed by atoms with E-state index in [1.165, 1.54) is 4.90 Å². The Morgan fingerprint density at radius 1 is 1.60 bits per heavy atom. The van der Waals surface area contributed by atoms with Crippen LogP contribution in [0, 0.1) is 15.9 Å². The Morgan fingerprint density at radius 3 is 2.65 bits per heavy atom. The van der Waals surface area contributed by atoms with Gasteiger partial charge in [0.1, 0.15) is 18.0 Å². The fourth-order valence-electron chi connectivity index (χ4n) is 1.75. The van der Waals surface area contributed by atoms with Crippen molar-refractivity contribution in [2.24, 2.45) is 0 Å². The largest absolute Gasteiger partial charge is 0.480 e. The highest BCUT2D eigenvalue weighted by molar-refractivity contribution is 9.10. The maximum atomic E-state index is 13.6. The summed E-state index contributed by atoms with van der Waals surface area (Å²) in [4.78, 5) is 22.7. The summed E-state index contributed by atoms with van der Waals surface area (Å²) in [7, 11) is 0. The molecule has 1 aromatic carbocycles. The number of hydrogen-bond donors (Lipinski definition) is 1. The quantitative estimate of drug-likeness (QED) is 0.630. The van der Waals surface area contributed by atoms with Gasteiger partial charge in [0.25, 0.3) is 5.69 Å². The predicted molar refractivity (Wildman–Crippen MR) is 75.5 cm³/mol. The number of aliphatic carboxylic acids is 1. The molecule has 6 nitrogen and oxygen atoms in total. The maximum Gasteiger partial charge on any atom is 0.323 e. The molecule has 110 valence electrons. The number of nitro groups is 1. The van der Waals surface area contributed by atoms with E-state index in [-0.39, 0.29) is 21.9 Å². The zero-order valence-corrected chi connectivity index (χ0v) is 12.6. The Hall–Kier alpha value is -1.70. The summed E-state index contributed by atoms with van der Waals surface area (Å²) in [6.45, 7) is 3.12. The second kappa shape index (κ2) is 6.65. The Bertz CT molecular complexity index is 538. The number of rotatable bonds is 6. The molecule has 0 heterocycles. The monoisotopic (exact) mass is 348 g/mol. The van der Waals surface area contributed by atoms with Crippen LogP contribution in [0.3, 0.4) is 0 Å². The number of nitro benzene ring substituents is 1. The molecular formula is C12H14BrFN2O4. The van der Waals surface area contributed by atoms with Crippen LogP contribution in [0.4, 0.5) is 15.8 Å². The molecule has 0 aliphatic rings. The van der Waals surface area contributed by atoms with E-state index >= 15 is 0 Å². The van der Waals surface area contributed by atoms with Crippen LogP contribution >= 0.6 is 15.9 Å². The zero-order valence-electron chi connectivity index (χ0n) is 11.0. The first-order valence-electron chi connectivity index (χ1n) is 5.89. The highest BCUT2D eigenvalue weighted by atomic mass is 79.9. The molecule has 0 spiro atoms. The molecular weight excluding hydrogens is 335 g/mol. The average Bonchev–Trinajstić information content (AvgIpc) is 2.37. The summed E-state index contributed by atoms with van der Waals surface area (Å²) in [6.07, 6.45) is 0.572. The first kappa shape index (κ1) is 16.4. The Labute approximate surface area is 123 Å². The van der Waals surface area contributed by atoms with Crippen LogP contribution in [0.1, 0.15) is 20.3 Å². The van der Waals surface area contributed by atoms with Crippen molar-refractivity contribution in [3.63, 3.8) is 0 Å². The van der Waals surface area contributed by atoms with Gasteiger partial charge in [-0.2, -0.15) is 0 Å². The van der Waals surface area contributed by atoms with E-state index in [1.54, 1.807) is 6.92 Å². The van der Waals surface area contributed by atoms with E-state index in [0.29, 0.717) is 6.42 Å². The molecule has 0 bridgehead atoms. The second-order valence-corrected chi connectivity index (χ2v) is 5.15. The summed E-state index contributed by atoms with van der Waals surface area (Å²) in [6, 6.07) is 1.75. The van der Waals surface area contributed by atoms with Gasteiger partial charge >= 0.3 is 5.97 Å². The van der Waals surface area contributed by atoms with Gasteiger partial charge in [0.15, 0.2) is 0 Å². The summed E-state index contributed by atoms with van der Waals surface area (Å²) in [5.41, 5.74) is -0.368. The Morgan fingerprint density at radius 2 is 2.20 bits per heavy atom. The Balaban J connectivity index is 3.41. The number of carbonyl (C=O) groups is 1. The lowest BCUT2D eigenvalue weighted by Gasteiger charge is -2.28. The van der Waals surface area contributed by atoms with E-state index in [9.17, 15) is 19.3 Å². The number of benzene rings is 1. The topological polar surface area (TPSA) is 83.7 Å². The molecule has 8 heteroatoms. The van der Waals surface area contributed by atoms with Crippen LogP contribution in [0.25, 0.3) is 0 Å². The molecule has 0 amide bonds. The fraction of sp³-hybridized carbons (Fsp3) is 0.417. The van der Waals surface area contributed by atoms with Crippen LogP contribution in [0.15, 0.2) is 16.6 Å². The Kier molecular flexibility index (Phi) is 5.43. The van der Waals surface area contributed by atoms with Crippen LogP contribution in [0.2, 0.25) is 0 Å². The predicted octanol–water partition coefficient (Wildman–Crippen LogP) is 3.19. The summed E-state index contributed by atoms with van der Waals surface area (Å²) >= 11 is 2.89. The standard InChI is InChI=1S/C12H14BrFN2O4/c1-3-7(2)15(6-12(17)18)10-5-9(14)8(13)4-11(10)16(19)20/h4-5,7H,3,6H2,1-2H3,(H,17,18). The van der Waals surface area contributed by atoms with Crippen LogP contribution in [-0.4, -0.2) is 28.6 Å². The highest BCUT2D eigenvalue weighted by Gasteiger charge is 2.26. The van der Waals surface area contributed by atoms with Gasteiger partial charge in [0.05, 0.1) is 9.40 Å². The smallest absolute Gasteiger partial charge is 0.323 e. The highest BCUT2D eigenvalue weighted by Crippen LogP contribution is 2.34. The molecule has 0 saturated heterocycles. The van der Waals surface area contributed by atoms with Crippen molar-refractivity contribution in [2.75, 3.05) is 11.4 Å². The number of anilines is 1. The maximum absolute atomic E-state index is 13.6. The van der Waals surface area contributed by atoms with Gasteiger partial charge in [-0.05, 0) is 29.3 Å². The molecule has 0 saturated carbocycles. The van der Waals surface area contributed by atoms with Gasteiger partial charge in [-0.25, -0.2) is 4.39 Å². The third-order valence-electron chi connectivity index (χ3n) is 2.95. The molecule has 20 heavy (non-hydrogen) atoms. The fourth-order valence-corrected chi connectivity index (χ4v) is 2.08. The lowest BCUT2D eigenvalue weighted by Crippen LogP contribution is -2.37. The molecule has 1 aromatic rings. The number of nitrogens with zero attached hydrogens (tertiary/aromatic N) is 2. The van der Waals surface area contributed by atoms with Crippen LogP contribution in [-0.2, 0) is 4.79 Å². The van der Waals surface area contributed by atoms with E-state index in [0.717, 1.165) is 12.1 Å². The van der Waals surface area contributed by atoms with Gasteiger partial charge < -0.3 is 10.0 Å². The number of hydrogen-bond acceptors (Lipinski definition) is 4. The van der Waals surface area contributed by atoms with Gasteiger partial charge in [-0.1, -0.05) is 6.92 Å². The molecule has 1 rings (SSSR count). The first-order chi connectivity index (χ1) is 9.27. The third kappa shape index (κ3) is 3.66. The van der Waals surface area contributed by atoms with Gasteiger partial charge in [0, 0.05) is 18.2 Å². The molecule has 1 N–H and O–H groups in total. The summed E-state index contributed by atoms with van der Waals surface area (Å²) in [5.74, 6) is -1.81. The minimum Gasteiger partial charge on any atom is -0.480 e. The van der Waals surface area contributed by atoms with Gasteiger partial charge in [-0.15, -0.1) is 0 Å². The van der Waals surface area contributed by atoms with Crippen molar-refractivity contribution in [1.29, 1.82) is 0 Å².